The maximum Gasteiger partial charge on any atom is 0.336 e. The fraction of sp³-hybridized carbons (Fsp3) is 0.667. The van der Waals surface area contributed by atoms with Crippen LogP contribution in [0.15, 0.2) is 10.6 Å². The Kier molecular flexibility index (Phi) is 4.16. The van der Waals surface area contributed by atoms with Crippen molar-refractivity contribution in [1.29, 1.82) is 0 Å². The first kappa shape index (κ1) is 13.3. The van der Waals surface area contributed by atoms with Crippen LogP contribution in [0.1, 0.15) is 19.8 Å². The van der Waals surface area contributed by atoms with Gasteiger partial charge in [-0.05, 0) is 19.8 Å². The Morgan fingerprint density at radius 1 is 1.56 bits per heavy atom. The normalized spacial score (nSPS) is 22.8. The molecule has 0 aliphatic carbocycles. The molecule has 0 spiro atoms. The molecule has 2 aliphatic rings. The summed E-state index contributed by atoms with van der Waals surface area (Å²) in [4.78, 5) is 25.7. The van der Waals surface area contributed by atoms with Gasteiger partial charge >= 0.3 is 5.97 Å². The number of carbonyl (C=O) groups excluding carboxylic acids is 2. The van der Waals surface area contributed by atoms with Crippen LogP contribution in [0, 0.1) is 0 Å². The number of hydrogen-bond acceptors (Lipinski definition) is 5. The first-order valence-corrected chi connectivity index (χ1v) is 7.08. The van der Waals surface area contributed by atoms with E-state index in [1.54, 1.807) is 14.0 Å². The topological polar surface area (TPSA) is 58.6 Å². The van der Waals surface area contributed by atoms with E-state index in [9.17, 15) is 9.59 Å². The van der Waals surface area contributed by atoms with E-state index in [4.69, 9.17) is 4.74 Å². The molecule has 0 radical (unpaired) electrons. The van der Waals surface area contributed by atoms with Gasteiger partial charge in [-0.25, -0.2) is 4.79 Å². The van der Waals surface area contributed by atoms with E-state index >= 15 is 0 Å². The molecule has 0 saturated carbocycles. The lowest BCUT2D eigenvalue weighted by Gasteiger charge is -2.26. The number of amides is 1. The van der Waals surface area contributed by atoms with Gasteiger partial charge < -0.3 is 15.0 Å². The highest BCUT2D eigenvalue weighted by molar-refractivity contribution is 8.04. The number of nitrogens with zero attached hydrogens (tertiary/aromatic N) is 1. The third-order valence-corrected chi connectivity index (χ3v) is 4.48. The molecular weight excluding hydrogens is 252 g/mol. The molecule has 2 heterocycles. The minimum Gasteiger partial charge on any atom is -0.463 e. The van der Waals surface area contributed by atoms with Gasteiger partial charge in [0.25, 0.3) is 0 Å². The van der Waals surface area contributed by atoms with Crippen molar-refractivity contribution in [3.8, 4) is 0 Å². The van der Waals surface area contributed by atoms with Crippen LogP contribution in [-0.2, 0) is 14.3 Å². The van der Waals surface area contributed by atoms with Crippen molar-refractivity contribution in [2.45, 2.75) is 25.0 Å². The van der Waals surface area contributed by atoms with Crippen LogP contribution in [0.5, 0.6) is 0 Å². The number of carbonyl (C=O) groups is 2. The van der Waals surface area contributed by atoms with Crippen molar-refractivity contribution in [2.75, 3.05) is 26.7 Å². The Balaban J connectivity index is 2.18. The third-order valence-electron chi connectivity index (χ3n) is 3.10. The molecule has 1 saturated heterocycles. The van der Waals surface area contributed by atoms with Crippen LogP contribution in [0.25, 0.3) is 0 Å². The predicted octanol–water partition coefficient (Wildman–Crippen LogP) is 0.718. The van der Waals surface area contributed by atoms with Crippen LogP contribution >= 0.6 is 11.8 Å². The number of rotatable bonds is 3. The molecule has 6 heteroatoms. The lowest BCUT2D eigenvalue weighted by molar-refractivity contribution is -0.138. The van der Waals surface area contributed by atoms with Crippen LogP contribution in [0.4, 0.5) is 0 Å². The summed E-state index contributed by atoms with van der Waals surface area (Å²) in [5.74, 6) is -0.215. The summed E-state index contributed by atoms with van der Waals surface area (Å²) < 4.78 is 5.07. The maximum atomic E-state index is 11.9. The molecule has 2 aliphatic heterocycles. The van der Waals surface area contributed by atoms with Gasteiger partial charge in [-0.3, -0.25) is 4.79 Å². The number of esters is 1. The summed E-state index contributed by atoms with van der Waals surface area (Å²) in [6.07, 6.45) is 1.69. The number of hydrogen-bond donors (Lipinski definition) is 1. The summed E-state index contributed by atoms with van der Waals surface area (Å²) in [6, 6.07) is 0. The Hall–Kier alpha value is -1.17. The summed E-state index contributed by atoms with van der Waals surface area (Å²) in [7, 11) is 1.64. The van der Waals surface area contributed by atoms with Crippen molar-refractivity contribution in [1.82, 2.24) is 10.2 Å². The molecule has 1 unspecified atom stereocenters. The monoisotopic (exact) mass is 270 g/mol. The van der Waals surface area contributed by atoms with Crippen LogP contribution < -0.4 is 5.32 Å². The quantitative estimate of drug-likeness (QED) is 0.766. The first-order chi connectivity index (χ1) is 8.67. The zero-order chi connectivity index (χ0) is 13.1. The van der Waals surface area contributed by atoms with Gasteiger partial charge in [0.1, 0.15) is 5.25 Å². The smallest absolute Gasteiger partial charge is 0.336 e. The van der Waals surface area contributed by atoms with E-state index in [1.165, 1.54) is 11.8 Å². The average molecular weight is 270 g/mol. The van der Waals surface area contributed by atoms with Crippen LogP contribution in [0.2, 0.25) is 0 Å². The third kappa shape index (κ3) is 2.48. The Morgan fingerprint density at radius 2 is 2.33 bits per heavy atom. The second kappa shape index (κ2) is 5.65. The van der Waals surface area contributed by atoms with Gasteiger partial charge in [-0.2, -0.15) is 0 Å². The molecule has 0 aromatic rings. The van der Waals surface area contributed by atoms with Gasteiger partial charge in [0.2, 0.25) is 5.91 Å². The molecule has 0 bridgehead atoms. The number of ether oxygens (including phenoxy) is 1. The van der Waals surface area contributed by atoms with Crippen LogP contribution in [0.3, 0.4) is 0 Å². The first-order valence-electron chi connectivity index (χ1n) is 6.20. The summed E-state index contributed by atoms with van der Waals surface area (Å²) in [5.41, 5.74) is 0.736. The minimum atomic E-state index is -0.234. The molecule has 0 aromatic heterocycles. The lowest BCUT2D eigenvalue weighted by Crippen LogP contribution is -2.34. The van der Waals surface area contributed by atoms with Crippen LogP contribution in [-0.4, -0.2) is 48.8 Å². The Labute approximate surface area is 111 Å². The zero-order valence-corrected chi connectivity index (χ0v) is 11.5. The van der Waals surface area contributed by atoms with E-state index in [0.29, 0.717) is 13.2 Å². The van der Waals surface area contributed by atoms with Gasteiger partial charge in [-0.15, -0.1) is 0 Å². The van der Waals surface area contributed by atoms with Gasteiger partial charge in [0.05, 0.1) is 17.2 Å². The van der Waals surface area contributed by atoms with Gasteiger partial charge in [0.15, 0.2) is 0 Å². The zero-order valence-electron chi connectivity index (χ0n) is 10.7. The fourth-order valence-corrected chi connectivity index (χ4v) is 3.63. The maximum absolute atomic E-state index is 11.9. The molecule has 18 heavy (non-hydrogen) atoms. The van der Waals surface area contributed by atoms with Gasteiger partial charge in [0, 0.05) is 20.1 Å². The van der Waals surface area contributed by atoms with E-state index in [1.807, 2.05) is 0 Å². The van der Waals surface area contributed by atoms with E-state index in [0.717, 1.165) is 30.0 Å². The summed E-state index contributed by atoms with van der Waals surface area (Å²) in [5, 5.41) is 3.48. The highest BCUT2D eigenvalue weighted by Gasteiger charge is 2.37. The lowest BCUT2D eigenvalue weighted by atomic mass is 10.1. The predicted molar refractivity (Wildman–Crippen MR) is 69.9 cm³/mol. The minimum absolute atomic E-state index is 0.0186. The van der Waals surface area contributed by atoms with E-state index < -0.39 is 0 Å². The number of thioether (sulfide) groups is 1. The Bertz CT molecular complexity index is 395. The second-order valence-corrected chi connectivity index (χ2v) is 5.47. The highest BCUT2D eigenvalue weighted by atomic mass is 32.2. The van der Waals surface area contributed by atoms with Crippen molar-refractivity contribution in [3.63, 3.8) is 0 Å². The molecule has 1 N–H and O–H groups in total. The molecule has 1 fully saturated rings. The number of nitrogens with one attached hydrogen (secondary N) is 1. The summed E-state index contributed by atoms with van der Waals surface area (Å²) in [6.45, 7) is 3.79. The largest absolute Gasteiger partial charge is 0.463 e. The molecule has 1 amide bonds. The average Bonchev–Trinajstić information content (AvgIpc) is 2.81. The molecular formula is C12H18N2O3S. The molecule has 100 valence electrons. The molecule has 5 nitrogen and oxygen atoms in total. The van der Waals surface area contributed by atoms with E-state index in [-0.39, 0.29) is 17.1 Å². The SMILES string of the molecule is CCOC(=O)C1=C2SC(C(=O)NC)CN2CCC1. The standard InChI is InChI=1S/C12H18N2O3S/c1-3-17-12(16)8-5-4-6-14-7-9(10(15)13-2)18-11(8)14/h9H,3-7H2,1-2H3,(H,13,15). The second-order valence-electron chi connectivity index (χ2n) is 4.27. The van der Waals surface area contributed by atoms with Crippen molar-refractivity contribution in [3.05, 3.63) is 10.6 Å². The molecule has 0 aromatic carbocycles. The molecule has 2 rings (SSSR count). The fourth-order valence-electron chi connectivity index (χ4n) is 2.24. The number of fused-ring (bicyclic) bond motifs is 1. The van der Waals surface area contributed by atoms with Crippen molar-refractivity contribution >= 4 is 23.6 Å². The highest BCUT2D eigenvalue weighted by Crippen LogP contribution is 2.40. The van der Waals surface area contributed by atoms with Crippen molar-refractivity contribution < 1.29 is 14.3 Å². The Morgan fingerprint density at radius 3 is 3.00 bits per heavy atom. The van der Waals surface area contributed by atoms with Crippen molar-refractivity contribution in [2.24, 2.45) is 0 Å². The van der Waals surface area contributed by atoms with E-state index in [2.05, 4.69) is 10.2 Å². The summed E-state index contributed by atoms with van der Waals surface area (Å²) >= 11 is 1.48. The van der Waals surface area contributed by atoms with Gasteiger partial charge in [-0.1, -0.05) is 11.8 Å². The molecule has 1 atom stereocenters.